The maximum atomic E-state index is 6.72. The van der Waals surface area contributed by atoms with Crippen molar-refractivity contribution in [2.75, 3.05) is 0 Å². The number of furan rings is 1. The van der Waals surface area contributed by atoms with E-state index in [0.717, 1.165) is 71.3 Å². The van der Waals surface area contributed by atoms with Crippen LogP contribution in [0.1, 0.15) is 0 Å². The van der Waals surface area contributed by atoms with E-state index >= 15 is 0 Å². The highest BCUT2D eigenvalue weighted by Gasteiger charge is 2.20. The van der Waals surface area contributed by atoms with Crippen LogP contribution in [0.5, 0.6) is 0 Å². The molecule has 0 aliphatic heterocycles. The fraction of sp³-hybridized carbons (Fsp3) is 0. The zero-order chi connectivity index (χ0) is 29.7. The van der Waals surface area contributed by atoms with Gasteiger partial charge in [0.05, 0.1) is 0 Å². The lowest BCUT2D eigenvalue weighted by atomic mass is 9.98. The van der Waals surface area contributed by atoms with Crippen LogP contribution in [-0.4, -0.2) is 15.0 Å². The SMILES string of the molecule is c1ccc(-c2nc(-c3cccc4ccccc34)nc(-c3cc4c5cccc(-c6ccccc6)c5oc4c4ccccc34)n2)cc1. The van der Waals surface area contributed by atoms with Gasteiger partial charge in [0.25, 0.3) is 0 Å². The molecule has 210 valence electrons. The molecule has 0 spiro atoms. The number of rotatable bonds is 4. The van der Waals surface area contributed by atoms with Gasteiger partial charge in [-0.2, -0.15) is 0 Å². The lowest BCUT2D eigenvalue weighted by molar-refractivity contribution is 0.674. The van der Waals surface area contributed by atoms with Crippen molar-refractivity contribution < 1.29 is 4.42 Å². The quantitative estimate of drug-likeness (QED) is 0.209. The largest absolute Gasteiger partial charge is 0.455 e. The van der Waals surface area contributed by atoms with E-state index in [1.165, 1.54) is 0 Å². The van der Waals surface area contributed by atoms with Crippen molar-refractivity contribution in [1.29, 1.82) is 0 Å². The molecule has 2 aromatic heterocycles. The Labute approximate surface area is 259 Å². The molecule has 0 aliphatic rings. The van der Waals surface area contributed by atoms with Crippen LogP contribution in [0.3, 0.4) is 0 Å². The zero-order valence-corrected chi connectivity index (χ0v) is 24.2. The van der Waals surface area contributed by atoms with Gasteiger partial charge in [-0.05, 0) is 27.8 Å². The van der Waals surface area contributed by atoms with E-state index in [9.17, 15) is 0 Å². The molecule has 0 unspecified atom stereocenters. The molecule has 45 heavy (non-hydrogen) atoms. The first-order valence-corrected chi connectivity index (χ1v) is 15.0. The Morgan fingerprint density at radius 3 is 1.67 bits per heavy atom. The molecule has 0 atom stereocenters. The lowest BCUT2D eigenvalue weighted by Crippen LogP contribution is -2.01. The Morgan fingerprint density at radius 2 is 0.867 bits per heavy atom. The molecule has 0 bridgehead atoms. The molecule has 9 rings (SSSR count). The Bertz CT molecular complexity index is 2530. The molecule has 7 aromatic carbocycles. The smallest absolute Gasteiger partial charge is 0.164 e. The molecule has 2 heterocycles. The van der Waals surface area contributed by atoms with Crippen molar-refractivity contribution in [2.24, 2.45) is 0 Å². The average molecular weight is 576 g/mol. The highest BCUT2D eigenvalue weighted by atomic mass is 16.3. The van der Waals surface area contributed by atoms with Gasteiger partial charge >= 0.3 is 0 Å². The highest BCUT2D eigenvalue weighted by molar-refractivity contribution is 6.20. The Kier molecular flexibility index (Phi) is 5.78. The second-order valence-corrected chi connectivity index (χ2v) is 11.2. The standard InChI is InChI=1S/C41H25N3O/c1-3-13-27(14-4-1)30-22-12-23-33-35-25-36(31-20-9-10-21-32(31)38(35)45-37(30)33)41-43-39(28-16-5-2-6-17-28)42-40(44-41)34-24-11-18-26-15-7-8-19-29(26)34/h1-25H. The summed E-state index contributed by atoms with van der Waals surface area (Å²) in [6, 6.07) is 52.0. The van der Waals surface area contributed by atoms with E-state index in [1.54, 1.807) is 0 Å². The van der Waals surface area contributed by atoms with Crippen LogP contribution in [0.15, 0.2) is 156 Å². The third-order valence-electron chi connectivity index (χ3n) is 8.53. The van der Waals surface area contributed by atoms with Gasteiger partial charge in [-0.15, -0.1) is 0 Å². The summed E-state index contributed by atoms with van der Waals surface area (Å²) < 4.78 is 6.72. The number of aromatic nitrogens is 3. The van der Waals surface area contributed by atoms with Gasteiger partial charge < -0.3 is 4.42 Å². The van der Waals surface area contributed by atoms with Gasteiger partial charge in [0.1, 0.15) is 11.2 Å². The molecule has 9 aromatic rings. The Morgan fingerprint density at radius 1 is 0.333 bits per heavy atom. The maximum absolute atomic E-state index is 6.72. The minimum Gasteiger partial charge on any atom is -0.455 e. The summed E-state index contributed by atoms with van der Waals surface area (Å²) in [7, 11) is 0. The summed E-state index contributed by atoms with van der Waals surface area (Å²) in [4.78, 5) is 15.3. The first kappa shape index (κ1) is 25.4. The van der Waals surface area contributed by atoms with Crippen molar-refractivity contribution in [2.45, 2.75) is 0 Å². The van der Waals surface area contributed by atoms with Crippen LogP contribution in [0, 0.1) is 0 Å². The monoisotopic (exact) mass is 575 g/mol. The second kappa shape index (κ2) is 10.2. The molecule has 0 radical (unpaired) electrons. The molecule has 0 N–H and O–H groups in total. The molecular formula is C41H25N3O. The third kappa shape index (κ3) is 4.19. The summed E-state index contributed by atoms with van der Waals surface area (Å²) in [5.74, 6) is 1.90. The predicted octanol–water partition coefficient (Wildman–Crippen LogP) is 10.7. The number of hydrogen-bond acceptors (Lipinski definition) is 4. The van der Waals surface area contributed by atoms with Crippen LogP contribution in [0.2, 0.25) is 0 Å². The second-order valence-electron chi connectivity index (χ2n) is 11.2. The van der Waals surface area contributed by atoms with Crippen LogP contribution >= 0.6 is 0 Å². The van der Waals surface area contributed by atoms with Crippen LogP contribution < -0.4 is 0 Å². The Balaban J connectivity index is 1.35. The number of fused-ring (bicyclic) bond motifs is 6. The zero-order valence-electron chi connectivity index (χ0n) is 24.2. The fourth-order valence-electron chi connectivity index (χ4n) is 6.40. The van der Waals surface area contributed by atoms with Gasteiger partial charge in [0.15, 0.2) is 17.5 Å². The molecule has 0 saturated carbocycles. The molecule has 0 amide bonds. The fourth-order valence-corrected chi connectivity index (χ4v) is 6.40. The van der Waals surface area contributed by atoms with Gasteiger partial charge in [0.2, 0.25) is 0 Å². The van der Waals surface area contributed by atoms with E-state index in [0.29, 0.717) is 17.5 Å². The average Bonchev–Trinajstić information content (AvgIpc) is 3.51. The summed E-state index contributed by atoms with van der Waals surface area (Å²) in [6.45, 7) is 0. The van der Waals surface area contributed by atoms with Gasteiger partial charge in [-0.25, -0.2) is 15.0 Å². The highest BCUT2D eigenvalue weighted by Crippen LogP contribution is 2.42. The molecular weight excluding hydrogens is 550 g/mol. The normalized spacial score (nSPS) is 11.6. The van der Waals surface area contributed by atoms with Gasteiger partial charge in [-0.3, -0.25) is 0 Å². The minimum atomic E-state index is 0.624. The van der Waals surface area contributed by atoms with E-state index < -0.39 is 0 Å². The molecule has 0 aliphatic carbocycles. The van der Waals surface area contributed by atoms with Crippen molar-refractivity contribution in [1.82, 2.24) is 15.0 Å². The van der Waals surface area contributed by atoms with Crippen molar-refractivity contribution in [3.05, 3.63) is 152 Å². The third-order valence-corrected chi connectivity index (χ3v) is 8.53. The molecule has 0 fully saturated rings. The van der Waals surface area contributed by atoms with E-state index in [1.807, 2.05) is 36.4 Å². The van der Waals surface area contributed by atoms with Crippen molar-refractivity contribution in [3.8, 4) is 45.3 Å². The van der Waals surface area contributed by atoms with Crippen molar-refractivity contribution in [3.63, 3.8) is 0 Å². The van der Waals surface area contributed by atoms with E-state index in [4.69, 9.17) is 19.4 Å². The summed E-state index contributed by atoms with van der Waals surface area (Å²) >= 11 is 0. The lowest BCUT2D eigenvalue weighted by Gasteiger charge is -2.12. The topological polar surface area (TPSA) is 51.8 Å². The number of nitrogens with zero attached hydrogens (tertiary/aromatic N) is 3. The maximum Gasteiger partial charge on any atom is 0.164 e. The number of hydrogen-bond donors (Lipinski definition) is 0. The first-order valence-electron chi connectivity index (χ1n) is 15.0. The van der Waals surface area contributed by atoms with Crippen LogP contribution in [0.25, 0.3) is 88.8 Å². The number of para-hydroxylation sites is 1. The summed E-state index contributed by atoms with van der Waals surface area (Å²) in [5, 5.41) is 6.39. The van der Waals surface area contributed by atoms with Crippen molar-refractivity contribution >= 4 is 43.5 Å². The Hall–Kier alpha value is -6.13. The van der Waals surface area contributed by atoms with Crippen LogP contribution in [0.4, 0.5) is 0 Å². The summed E-state index contributed by atoms with van der Waals surface area (Å²) in [5.41, 5.74) is 6.77. The van der Waals surface area contributed by atoms with E-state index in [-0.39, 0.29) is 0 Å². The van der Waals surface area contributed by atoms with E-state index in [2.05, 4.69) is 115 Å². The van der Waals surface area contributed by atoms with Gasteiger partial charge in [0, 0.05) is 38.4 Å². The predicted molar refractivity (Wildman–Crippen MR) is 184 cm³/mol. The molecule has 4 heteroatoms. The molecule has 4 nitrogen and oxygen atoms in total. The minimum absolute atomic E-state index is 0.624. The summed E-state index contributed by atoms with van der Waals surface area (Å²) in [6.07, 6.45) is 0. The molecule has 0 saturated heterocycles. The number of benzene rings is 7. The van der Waals surface area contributed by atoms with Gasteiger partial charge in [-0.1, -0.05) is 146 Å². The van der Waals surface area contributed by atoms with Crippen LogP contribution in [-0.2, 0) is 0 Å². The first-order chi connectivity index (χ1) is 22.3.